The molecule has 1 unspecified atom stereocenters. The Morgan fingerprint density at radius 3 is 2.53 bits per heavy atom. The molecule has 2 heteroatoms. The van der Waals surface area contributed by atoms with E-state index >= 15 is 0 Å². The Kier molecular flexibility index (Phi) is 7.33. The lowest BCUT2D eigenvalue weighted by Crippen LogP contribution is -2.07. The van der Waals surface area contributed by atoms with Gasteiger partial charge >= 0.3 is 0 Å². The van der Waals surface area contributed by atoms with Crippen molar-refractivity contribution in [2.75, 3.05) is 0 Å². The molecule has 0 aromatic rings. The molecule has 0 saturated heterocycles. The summed E-state index contributed by atoms with van der Waals surface area (Å²) in [7, 11) is 0. The van der Waals surface area contributed by atoms with E-state index in [1.54, 1.807) is 6.20 Å². The smallest absolute Gasteiger partial charge is 0.0446 e. The Bertz CT molecular complexity index is 272. The van der Waals surface area contributed by atoms with Gasteiger partial charge in [0, 0.05) is 11.9 Å². The first-order valence-electron chi connectivity index (χ1n) is 5.46. The minimum absolute atomic E-state index is 0.434. The van der Waals surface area contributed by atoms with E-state index < -0.39 is 0 Å². The molecule has 2 N–H and O–H groups in total. The second-order valence-electron chi connectivity index (χ2n) is 3.48. The van der Waals surface area contributed by atoms with Gasteiger partial charge in [0.1, 0.15) is 0 Å². The van der Waals surface area contributed by atoms with Crippen molar-refractivity contribution >= 4 is 5.71 Å². The van der Waals surface area contributed by atoms with Gasteiger partial charge in [-0.3, -0.25) is 4.99 Å². The molecule has 0 aliphatic heterocycles. The molecule has 0 spiro atoms. The zero-order valence-electron chi connectivity index (χ0n) is 10.0. The van der Waals surface area contributed by atoms with Crippen LogP contribution in [-0.2, 0) is 0 Å². The summed E-state index contributed by atoms with van der Waals surface area (Å²) in [5.41, 5.74) is 7.55. The van der Waals surface area contributed by atoms with Gasteiger partial charge in [-0.25, -0.2) is 0 Å². The van der Waals surface area contributed by atoms with E-state index in [0.29, 0.717) is 5.92 Å². The summed E-state index contributed by atoms with van der Waals surface area (Å²) in [6.07, 6.45) is 9.12. The fraction of sp³-hybridized carbons (Fsp3) is 0.462. The van der Waals surface area contributed by atoms with Gasteiger partial charge in [-0.1, -0.05) is 33.4 Å². The molecule has 0 amide bonds. The molecular weight excluding hydrogens is 184 g/mol. The van der Waals surface area contributed by atoms with Crippen LogP contribution >= 0.6 is 0 Å². The summed E-state index contributed by atoms with van der Waals surface area (Å²) in [4.78, 5) is 4.44. The van der Waals surface area contributed by atoms with Crippen molar-refractivity contribution in [3.8, 4) is 0 Å². The molecule has 0 heterocycles. The monoisotopic (exact) mass is 206 g/mol. The predicted octanol–water partition coefficient (Wildman–Crippen LogP) is 3.43. The molecule has 0 aromatic carbocycles. The quantitative estimate of drug-likeness (QED) is 0.525. The number of hydrogen-bond donors (Lipinski definition) is 1. The predicted molar refractivity (Wildman–Crippen MR) is 68.8 cm³/mol. The molecule has 84 valence electrons. The molecule has 0 fully saturated rings. The van der Waals surface area contributed by atoms with Gasteiger partial charge in [-0.2, -0.15) is 0 Å². The van der Waals surface area contributed by atoms with Crippen molar-refractivity contribution < 1.29 is 0 Å². The van der Waals surface area contributed by atoms with Crippen LogP contribution in [0.2, 0.25) is 0 Å². The maximum Gasteiger partial charge on any atom is 0.0446 e. The first kappa shape index (κ1) is 13.7. The minimum Gasteiger partial charge on any atom is -0.405 e. The molecular formula is C13H22N2. The van der Waals surface area contributed by atoms with Crippen LogP contribution in [0.4, 0.5) is 0 Å². The van der Waals surface area contributed by atoms with Gasteiger partial charge in [0.2, 0.25) is 0 Å². The van der Waals surface area contributed by atoms with Gasteiger partial charge in [-0.15, -0.1) is 0 Å². The molecule has 15 heavy (non-hydrogen) atoms. The Labute approximate surface area is 93.3 Å². The van der Waals surface area contributed by atoms with Crippen LogP contribution < -0.4 is 5.73 Å². The van der Waals surface area contributed by atoms with Gasteiger partial charge in [0.25, 0.3) is 0 Å². The Balaban J connectivity index is 4.82. The molecule has 0 bridgehead atoms. The number of aliphatic imine (C=N–C) groups is 1. The number of allylic oxidation sites excluding steroid dienone is 3. The summed E-state index contributed by atoms with van der Waals surface area (Å²) in [5, 5.41) is 0. The van der Waals surface area contributed by atoms with Gasteiger partial charge in [0.15, 0.2) is 0 Å². The molecule has 0 saturated carbocycles. The van der Waals surface area contributed by atoms with Crippen LogP contribution in [-0.4, -0.2) is 5.71 Å². The minimum atomic E-state index is 0.434. The first-order chi connectivity index (χ1) is 7.19. The van der Waals surface area contributed by atoms with Crippen molar-refractivity contribution in [1.82, 2.24) is 0 Å². The SMILES string of the molecule is C=C\C(=C/N=C(\C=C/N)C(C)CC)CC. The Morgan fingerprint density at radius 2 is 2.13 bits per heavy atom. The molecule has 0 radical (unpaired) electrons. The summed E-state index contributed by atoms with van der Waals surface area (Å²) >= 11 is 0. The van der Waals surface area contributed by atoms with Crippen molar-refractivity contribution in [3.63, 3.8) is 0 Å². The van der Waals surface area contributed by atoms with Gasteiger partial charge in [-0.05, 0) is 36.6 Å². The maximum atomic E-state index is 5.39. The molecule has 2 nitrogen and oxygen atoms in total. The Hall–Kier alpha value is -1.31. The average Bonchev–Trinajstić information content (AvgIpc) is 2.27. The highest BCUT2D eigenvalue weighted by atomic mass is 14.7. The fourth-order valence-electron chi connectivity index (χ4n) is 1.09. The van der Waals surface area contributed by atoms with Crippen molar-refractivity contribution in [3.05, 3.63) is 36.7 Å². The summed E-state index contributed by atoms with van der Waals surface area (Å²) in [5.74, 6) is 0.434. The fourth-order valence-corrected chi connectivity index (χ4v) is 1.09. The molecule has 0 aliphatic carbocycles. The first-order valence-corrected chi connectivity index (χ1v) is 5.46. The number of hydrogen-bond acceptors (Lipinski definition) is 2. The summed E-state index contributed by atoms with van der Waals surface area (Å²) in [6, 6.07) is 0. The van der Waals surface area contributed by atoms with Gasteiger partial charge in [0.05, 0.1) is 0 Å². The topological polar surface area (TPSA) is 38.4 Å². The number of rotatable bonds is 6. The number of nitrogens with zero attached hydrogens (tertiary/aromatic N) is 1. The van der Waals surface area contributed by atoms with Crippen LogP contribution in [0.25, 0.3) is 0 Å². The standard InChI is InChI=1S/C13H22N2/c1-5-11(4)13(8-9-14)15-10-12(6-2)7-3/h6,8-11H,2,5,7,14H2,1,3-4H3/b9-8-,12-10+,15-13+. The highest BCUT2D eigenvalue weighted by Gasteiger charge is 2.03. The van der Waals surface area contributed by atoms with Crippen molar-refractivity contribution in [1.29, 1.82) is 0 Å². The van der Waals surface area contributed by atoms with Crippen LogP contribution in [0.3, 0.4) is 0 Å². The zero-order valence-corrected chi connectivity index (χ0v) is 10.0. The third-order valence-electron chi connectivity index (χ3n) is 2.43. The maximum absolute atomic E-state index is 5.39. The van der Waals surface area contributed by atoms with E-state index in [1.165, 1.54) is 0 Å². The van der Waals surface area contributed by atoms with E-state index in [4.69, 9.17) is 5.73 Å². The molecule has 0 rings (SSSR count). The largest absolute Gasteiger partial charge is 0.405 e. The van der Waals surface area contributed by atoms with E-state index in [2.05, 4.69) is 32.3 Å². The normalized spacial score (nSPS) is 15.7. The van der Waals surface area contributed by atoms with Crippen LogP contribution in [0.1, 0.15) is 33.6 Å². The zero-order chi connectivity index (χ0) is 11.7. The van der Waals surface area contributed by atoms with E-state index in [0.717, 1.165) is 24.1 Å². The highest BCUT2D eigenvalue weighted by Crippen LogP contribution is 2.08. The molecule has 1 atom stereocenters. The third-order valence-corrected chi connectivity index (χ3v) is 2.43. The number of nitrogens with two attached hydrogens (primary N) is 1. The lowest BCUT2D eigenvalue weighted by molar-refractivity contribution is 0.742. The van der Waals surface area contributed by atoms with E-state index in [-0.39, 0.29) is 0 Å². The average molecular weight is 206 g/mol. The lowest BCUT2D eigenvalue weighted by atomic mass is 10.0. The second-order valence-corrected chi connectivity index (χ2v) is 3.48. The van der Waals surface area contributed by atoms with Crippen LogP contribution in [0.15, 0.2) is 41.7 Å². The van der Waals surface area contributed by atoms with E-state index in [9.17, 15) is 0 Å². The van der Waals surface area contributed by atoms with Gasteiger partial charge < -0.3 is 5.73 Å². The highest BCUT2D eigenvalue weighted by molar-refractivity contribution is 5.96. The Morgan fingerprint density at radius 1 is 1.47 bits per heavy atom. The lowest BCUT2D eigenvalue weighted by Gasteiger charge is -2.07. The van der Waals surface area contributed by atoms with Crippen molar-refractivity contribution in [2.45, 2.75) is 33.6 Å². The van der Waals surface area contributed by atoms with E-state index in [1.807, 2.05) is 18.4 Å². The summed E-state index contributed by atoms with van der Waals surface area (Å²) < 4.78 is 0. The second kappa shape index (κ2) is 8.04. The summed E-state index contributed by atoms with van der Waals surface area (Å²) in [6.45, 7) is 10.1. The van der Waals surface area contributed by atoms with Crippen molar-refractivity contribution in [2.24, 2.45) is 16.6 Å². The molecule has 0 aromatic heterocycles. The van der Waals surface area contributed by atoms with Crippen LogP contribution in [0.5, 0.6) is 0 Å². The van der Waals surface area contributed by atoms with Crippen LogP contribution in [0, 0.1) is 5.92 Å². The molecule has 0 aliphatic rings. The third kappa shape index (κ3) is 5.21.